The number of nitrogens with one attached hydrogen (secondary N) is 1. The second-order valence-electron chi connectivity index (χ2n) is 7.25. The van der Waals surface area contributed by atoms with Crippen LogP contribution in [0, 0.1) is 0 Å². The first-order valence-electron chi connectivity index (χ1n) is 9.88. The summed E-state index contributed by atoms with van der Waals surface area (Å²) in [5, 5.41) is 10.4. The summed E-state index contributed by atoms with van der Waals surface area (Å²) in [6.07, 6.45) is 4.77. The van der Waals surface area contributed by atoms with Crippen LogP contribution < -0.4 is 5.32 Å². The zero-order chi connectivity index (χ0) is 20.3. The van der Waals surface area contributed by atoms with Gasteiger partial charge in [0.25, 0.3) is 0 Å². The Hall–Kier alpha value is -2.30. The number of carbonyl (C=O) groups excluding carboxylic acids is 1. The predicted octanol–water partition coefficient (Wildman–Crippen LogP) is 1.82. The minimum absolute atomic E-state index is 0.0238. The van der Waals surface area contributed by atoms with Gasteiger partial charge in [0.05, 0.1) is 11.0 Å². The molecule has 29 heavy (non-hydrogen) atoms. The molecular weight excluding hydrogens is 396 g/mol. The van der Waals surface area contributed by atoms with Crippen LogP contribution in [0.4, 0.5) is 0 Å². The molecule has 0 radical (unpaired) electrons. The number of aromatic nitrogens is 2. The summed E-state index contributed by atoms with van der Waals surface area (Å²) in [5.41, 5.74) is 0.549. The number of carbonyl (C=O) groups is 1. The highest BCUT2D eigenvalue weighted by atomic mass is 32.2. The molecule has 2 saturated heterocycles. The number of benzene rings is 1. The smallest absolute Gasteiger partial charge is 0.308 e. The molecule has 2 aliphatic heterocycles. The highest BCUT2D eigenvalue weighted by Crippen LogP contribution is 2.24. The van der Waals surface area contributed by atoms with Gasteiger partial charge in [0.1, 0.15) is 0 Å². The van der Waals surface area contributed by atoms with Crippen molar-refractivity contribution in [3.8, 4) is 11.5 Å². The summed E-state index contributed by atoms with van der Waals surface area (Å²) < 4.78 is 37.9. The highest BCUT2D eigenvalue weighted by Gasteiger charge is 2.26. The van der Waals surface area contributed by atoms with Crippen molar-refractivity contribution in [2.45, 2.75) is 43.1 Å². The maximum atomic E-state index is 12.7. The molecule has 1 atom stereocenters. The van der Waals surface area contributed by atoms with Gasteiger partial charge in [-0.2, -0.15) is 4.31 Å². The number of sulfonamides is 1. The van der Waals surface area contributed by atoms with E-state index in [4.69, 9.17) is 9.15 Å². The largest absolute Gasteiger partial charge is 0.412 e. The minimum Gasteiger partial charge on any atom is -0.412 e. The van der Waals surface area contributed by atoms with Crippen molar-refractivity contribution < 1.29 is 22.4 Å². The molecular formula is C19H24N4O5S. The summed E-state index contributed by atoms with van der Waals surface area (Å²) in [6.45, 7) is 2.23. The van der Waals surface area contributed by atoms with E-state index in [0.717, 1.165) is 32.1 Å². The first-order chi connectivity index (χ1) is 14.0. The fraction of sp³-hybridized carbons (Fsp3) is 0.526. The topological polar surface area (TPSA) is 115 Å². The number of amides is 1. The molecule has 9 nitrogen and oxygen atoms in total. The molecule has 0 bridgehead atoms. The number of nitrogens with zero attached hydrogens (tertiary/aromatic N) is 3. The zero-order valence-electron chi connectivity index (χ0n) is 16.0. The molecule has 3 heterocycles. The number of hydrogen-bond donors (Lipinski definition) is 1. The van der Waals surface area contributed by atoms with E-state index in [-0.39, 0.29) is 22.8 Å². The normalized spacial score (nSPS) is 20.6. The van der Waals surface area contributed by atoms with Crippen LogP contribution in [0.2, 0.25) is 0 Å². The summed E-state index contributed by atoms with van der Waals surface area (Å²) in [7, 11) is -3.49. The van der Waals surface area contributed by atoms with E-state index in [1.165, 1.54) is 16.4 Å². The second kappa shape index (κ2) is 8.60. The van der Waals surface area contributed by atoms with Gasteiger partial charge in [-0.25, -0.2) is 8.42 Å². The van der Waals surface area contributed by atoms with Crippen molar-refractivity contribution in [1.82, 2.24) is 19.8 Å². The average Bonchev–Trinajstić information content (AvgIpc) is 3.45. The molecule has 0 saturated carbocycles. The molecule has 2 aliphatic rings. The first-order valence-corrected chi connectivity index (χ1v) is 11.3. The second-order valence-corrected chi connectivity index (χ2v) is 9.18. The van der Waals surface area contributed by atoms with E-state index in [0.29, 0.717) is 31.8 Å². The fourth-order valence-corrected chi connectivity index (χ4v) is 5.06. The predicted molar refractivity (Wildman–Crippen MR) is 104 cm³/mol. The Labute approximate surface area is 169 Å². The van der Waals surface area contributed by atoms with Crippen molar-refractivity contribution in [1.29, 1.82) is 0 Å². The summed E-state index contributed by atoms with van der Waals surface area (Å²) >= 11 is 0. The lowest BCUT2D eigenvalue weighted by Gasteiger charge is -2.25. The Bertz CT molecular complexity index is 945. The number of ether oxygens (including phenoxy) is 1. The Morgan fingerprint density at radius 1 is 1.10 bits per heavy atom. The molecule has 4 rings (SSSR count). The number of hydrogen-bond acceptors (Lipinski definition) is 7. The Kier molecular flexibility index (Phi) is 5.93. The lowest BCUT2D eigenvalue weighted by Crippen LogP contribution is -2.35. The lowest BCUT2D eigenvalue weighted by molar-refractivity contribution is 0.0830. The zero-order valence-corrected chi connectivity index (χ0v) is 16.9. The molecule has 10 heteroatoms. The summed E-state index contributed by atoms with van der Waals surface area (Å²) in [4.78, 5) is 12.4. The first kappa shape index (κ1) is 20.0. The van der Waals surface area contributed by atoms with E-state index >= 15 is 0 Å². The van der Waals surface area contributed by atoms with Gasteiger partial charge in [0.2, 0.25) is 15.9 Å². The van der Waals surface area contributed by atoms with Crippen molar-refractivity contribution >= 4 is 15.9 Å². The van der Waals surface area contributed by atoms with Crippen LogP contribution in [-0.2, 0) is 14.8 Å². The quantitative estimate of drug-likeness (QED) is 0.758. The fourth-order valence-electron chi connectivity index (χ4n) is 3.54. The van der Waals surface area contributed by atoms with Gasteiger partial charge < -0.3 is 14.5 Å². The molecule has 1 amide bonds. The van der Waals surface area contributed by atoms with Crippen molar-refractivity contribution in [3.05, 3.63) is 30.2 Å². The Morgan fingerprint density at radius 2 is 1.86 bits per heavy atom. The van der Waals surface area contributed by atoms with Gasteiger partial charge in [-0.1, -0.05) is 6.42 Å². The molecule has 156 valence electrons. The van der Waals surface area contributed by atoms with E-state index in [1.807, 2.05) is 0 Å². The van der Waals surface area contributed by atoms with Crippen LogP contribution in [0.15, 0.2) is 33.6 Å². The van der Waals surface area contributed by atoms with Crippen LogP contribution in [0.3, 0.4) is 0 Å². The van der Waals surface area contributed by atoms with Gasteiger partial charge in [-0.05, 0) is 49.9 Å². The Morgan fingerprint density at radius 3 is 2.55 bits per heavy atom. The molecule has 0 spiro atoms. The molecule has 1 N–H and O–H groups in total. The van der Waals surface area contributed by atoms with Gasteiger partial charge in [-0.3, -0.25) is 4.79 Å². The van der Waals surface area contributed by atoms with Crippen LogP contribution in [0.25, 0.3) is 11.5 Å². The third-order valence-electron chi connectivity index (χ3n) is 5.19. The maximum absolute atomic E-state index is 12.7. The van der Waals surface area contributed by atoms with Crippen molar-refractivity contribution in [2.24, 2.45) is 0 Å². The molecule has 1 aromatic heterocycles. The monoisotopic (exact) mass is 420 g/mol. The van der Waals surface area contributed by atoms with Crippen molar-refractivity contribution in [3.63, 3.8) is 0 Å². The molecule has 1 unspecified atom stereocenters. The highest BCUT2D eigenvalue weighted by molar-refractivity contribution is 7.89. The molecule has 2 fully saturated rings. The standard InChI is InChI=1S/C19H24N4O5S/c24-17(20-13-15-5-4-12-27-15)19-22-21-18(28-19)14-6-8-16(9-7-14)29(25,26)23-10-2-1-3-11-23/h6-9,15H,1-5,10-13H2,(H,20,24). The minimum atomic E-state index is -3.49. The van der Waals surface area contributed by atoms with Gasteiger partial charge >= 0.3 is 11.8 Å². The van der Waals surface area contributed by atoms with Crippen molar-refractivity contribution in [2.75, 3.05) is 26.2 Å². The maximum Gasteiger partial charge on any atom is 0.308 e. The molecule has 1 aromatic carbocycles. The number of rotatable bonds is 6. The van der Waals surface area contributed by atoms with E-state index in [1.54, 1.807) is 12.1 Å². The van der Waals surface area contributed by atoms with Gasteiger partial charge in [-0.15, -0.1) is 10.2 Å². The average molecular weight is 420 g/mol. The SMILES string of the molecule is O=C(NCC1CCCO1)c1nnc(-c2ccc(S(=O)(=O)N3CCCCC3)cc2)o1. The molecule has 0 aliphatic carbocycles. The lowest BCUT2D eigenvalue weighted by atomic mass is 10.2. The molecule has 2 aromatic rings. The summed E-state index contributed by atoms with van der Waals surface area (Å²) in [5.74, 6) is -0.430. The van der Waals surface area contributed by atoms with Crippen LogP contribution in [-0.4, -0.2) is 61.2 Å². The summed E-state index contributed by atoms with van der Waals surface area (Å²) in [6, 6.07) is 6.28. The Balaban J connectivity index is 1.42. The third kappa shape index (κ3) is 4.49. The van der Waals surface area contributed by atoms with Crippen LogP contribution in [0.1, 0.15) is 42.8 Å². The van der Waals surface area contributed by atoms with E-state index < -0.39 is 15.9 Å². The van der Waals surface area contributed by atoms with Gasteiger partial charge in [0.15, 0.2) is 0 Å². The third-order valence-corrected chi connectivity index (χ3v) is 7.10. The van der Waals surface area contributed by atoms with E-state index in [2.05, 4.69) is 15.5 Å². The van der Waals surface area contributed by atoms with Gasteiger partial charge in [0, 0.05) is 31.8 Å². The number of piperidine rings is 1. The van der Waals surface area contributed by atoms with Crippen LogP contribution in [0.5, 0.6) is 0 Å². The van der Waals surface area contributed by atoms with E-state index in [9.17, 15) is 13.2 Å². The van der Waals surface area contributed by atoms with Crippen LogP contribution >= 0.6 is 0 Å².